The fourth-order valence-electron chi connectivity index (χ4n) is 4.02. The van der Waals surface area contributed by atoms with E-state index in [1.807, 2.05) is 12.4 Å². The molecule has 144 valence electrons. The van der Waals surface area contributed by atoms with Crippen LogP contribution in [0.1, 0.15) is 22.3 Å². The first kappa shape index (κ1) is 18.5. The number of nitrogens with zero attached hydrogens (tertiary/aromatic N) is 4. The molecule has 0 bridgehead atoms. The van der Waals surface area contributed by atoms with Crippen LogP contribution in [-0.2, 0) is 0 Å². The Kier molecular flexibility index (Phi) is 5.03. The quantitative estimate of drug-likeness (QED) is 0.667. The first-order chi connectivity index (χ1) is 13.5. The van der Waals surface area contributed by atoms with Crippen molar-refractivity contribution in [3.05, 3.63) is 71.0 Å². The summed E-state index contributed by atoms with van der Waals surface area (Å²) >= 11 is 0. The Morgan fingerprint density at radius 2 is 1.46 bits per heavy atom. The summed E-state index contributed by atoms with van der Waals surface area (Å²) in [5.41, 5.74) is 8.69. The maximum absolute atomic E-state index is 4.92. The monoisotopic (exact) mass is 372 g/mol. The number of hydrogen-bond donors (Lipinski definition) is 0. The number of piperazine rings is 1. The van der Waals surface area contributed by atoms with Crippen molar-refractivity contribution >= 4 is 11.5 Å². The SMILES string of the molecule is Cc1cc(C)cc(-c2cncc(N3CCN(c4cccc(C)c4C)CC3)n2)c1. The second-order valence-corrected chi connectivity index (χ2v) is 7.83. The molecule has 28 heavy (non-hydrogen) atoms. The lowest BCUT2D eigenvalue weighted by Gasteiger charge is -2.37. The van der Waals surface area contributed by atoms with Crippen molar-refractivity contribution in [2.75, 3.05) is 36.0 Å². The molecule has 4 rings (SSSR count). The molecule has 3 aromatic rings. The van der Waals surface area contributed by atoms with Gasteiger partial charge in [0.25, 0.3) is 0 Å². The molecule has 4 heteroatoms. The van der Waals surface area contributed by atoms with Gasteiger partial charge in [0.1, 0.15) is 5.82 Å². The van der Waals surface area contributed by atoms with E-state index in [0.29, 0.717) is 0 Å². The van der Waals surface area contributed by atoms with E-state index in [2.05, 4.69) is 78.9 Å². The minimum absolute atomic E-state index is 0.946. The average Bonchev–Trinajstić information content (AvgIpc) is 2.70. The Hall–Kier alpha value is -2.88. The number of benzene rings is 2. The van der Waals surface area contributed by atoms with Crippen LogP contribution in [0.5, 0.6) is 0 Å². The predicted octanol–water partition coefficient (Wildman–Crippen LogP) is 4.70. The van der Waals surface area contributed by atoms with Gasteiger partial charge in [-0.25, -0.2) is 4.98 Å². The summed E-state index contributed by atoms with van der Waals surface area (Å²) in [6.45, 7) is 12.6. The molecule has 4 nitrogen and oxygen atoms in total. The van der Waals surface area contributed by atoms with Gasteiger partial charge in [-0.1, -0.05) is 29.3 Å². The van der Waals surface area contributed by atoms with E-state index >= 15 is 0 Å². The Bertz CT molecular complexity index is 967. The molecule has 0 amide bonds. The predicted molar refractivity (Wildman–Crippen MR) is 117 cm³/mol. The summed E-state index contributed by atoms with van der Waals surface area (Å²) in [5, 5.41) is 0. The van der Waals surface area contributed by atoms with E-state index in [9.17, 15) is 0 Å². The Morgan fingerprint density at radius 1 is 0.786 bits per heavy atom. The van der Waals surface area contributed by atoms with Crippen molar-refractivity contribution in [3.8, 4) is 11.3 Å². The van der Waals surface area contributed by atoms with Crippen LogP contribution in [0.25, 0.3) is 11.3 Å². The van der Waals surface area contributed by atoms with Gasteiger partial charge in [0.2, 0.25) is 0 Å². The topological polar surface area (TPSA) is 32.3 Å². The van der Waals surface area contributed by atoms with Gasteiger partial charge in [-0.15, -0.1) is 0 Å². The highest BCUT2D eigenvalue weighted by atomic mass is 15.3. The summed E-state index contributed by atoms with van der Waals surface area (Å²) < 4.78 is 0. The van der Waals surface area contributed by atoms with Crippen LogP contribution in [-0.4, -0.2) is 36.1 Å². The van der Waals surface area contributed by atoms with Crippen molar-refractivity contribution in [1.82, 2.24) is 9.97 Å². The number of anilines is 2. The zero-order valence-electron chi connectivity index (χ0n) is 17.2. The average molecular weight is 373 g/mol. The molecule has 0 saturated carbocycles. The molecule has 2 heterocycles. The third kappa shape index (κ3) is 3.72. The molecule has 0 spiro atoms. The molecule has 1 saturated heterocycles. The molecule has 0 N–H and O–H groups in total. The van der Waals surface area contributed by atoms with Crippen LogP contribution in [0.15, 0.2) is 48.8 Å². The van der Waals surface area contributed by atoms with Crippen molar-refractivity contribution in [2.24, 2.45) is 0 Å². The fourth-order valence-corrected chi connectivity index (χ4v) is 4.02. The maximum atomic E-state index is 4.92. The number of aromatic nitrogens is 2. The third-order valence-corrected chi connectivity index (χ3v) is 5.66. The molecule has 0 aliphatic carbocycles. The highest BCUT2D eigenvalue weighted by Gasteiger charge is 2.20. The lowest BCUT2D eigenvalue weighted by molar-refractivity contribution is 0.645. The van der Waals surface area contributed by atoms with Gasteiger partial charge in [-0.3, -0.25) is 4.98 Å². The Morgan fingerprint density at radius 3 is 2.18 bits per heavy atom. The van der Waals surface area contributed by atoms with E-state index in [0.717, 1.165) is 43.3 Å². The second-order valence-electron chi connectivity index (χ2n) is 7.83. The summed E-state index contributed by atoms with van der Waals surface area (Å²) in [6.07, 6.45) is 3.75. The Labute approximate surface area is 167 Å². The number of aryl methyl sites for hydroxylation is 3. The summed E-state index contributed by atoms with van der Waals surface area (Å²) in [4.78, 5) is 14.2. The molecule has 0 radical (unpaired) electrons. The van der Waals surface area contributed by atoms with Crippen molar-refractivity contribution in [2.45, 2.75) is 27.7 Å². The third-order valence-electron chi connectivity index (χ3n) is 5.66. The largest absolute Gasteiger partial charge is 0.368 e. The minimum Gasteiger partial charge on any atom is -0.368 e. The second kappa shape index (κ2) is 7.63. The minimum atomic E-state index is 0.946. The normalized spacial score (nSPS) is 14.4. The molecule has 1 fully saturated rings. The Balaban J connectivity index is 1.51. The van der Waals surface area contributed by atoms with Gasteiger partial charge in [-0.2, -0.15) is 0 Å². The molecule has 1 aromatic heterocycles. The summed E-state index contributed by atoms with van der Waals surface area (Å²) in [6, 6.07) is 13.1. The van der Waals surface area contributed by atoms with E-state index in [4.69, 9.17) is 4.98 Å². The molecule has 0 atom stereocenters. The number of rotatable bonds is 3. The lowest BCUT2D eigenvalue weighted by Crippen LogP contribution is -2.47. The first-order valence-electron chi connectivity index (χ1n) is 9.98. The zero-order chi connectivity index (χ0) is 19.7. The molecular formula is C24H28N4. The van der Waals surface area contributed by atoms with Gasteiger partial charge in [0, 0.05) is 37.4 Å². The first-order valence-corrected chi connectivity index (χ1v) is 9.98. The molecule has 2 aromatic carbocycles. The van der Waals surface area contributed by atoms with E-state index in [1.54, 1.807) is 0 Å². The number of hydrogen-bond acceptors (Lipinski definition) is 4. The zero-order valence-corrected chi connectivity index (χ0v) is 17.2. The van der Waals surface area contributed by atoms with Crippen LogP contribution < -0.4 is 9.80 Å². The van der Waals surface area contributed by atoms with Gasteiger partial charge in [0.05, 0.1) is 18.1 Å². The summed E-state index contributed by atoms with van der Waals surface area (Å²) in [7, 11) is 0. The van der Waals surface area contributed by atoms with Gasteiger partial charge >= 0.3 is 0 Å². The standard InChI is InChI=1S/C24H28N4/c1-17-12-18(2)14-21(13-17)22-15-25-16-24(26-22)28-10-8-27(9-11-28)23-7-5-6-19(3)20(23)4/h5-7,12-16H,8-11H2,1-4H3. The van der Waals surface area contributed by atoms with Crippen molar-refractivity contribution in [3.63, 3.8) is 0 Å². The molecule has 1 aliphatic rings. The van der Waals surface area contributed by atoms with Gasteiger partial charge < -0.3 is 9.80 Å². The fraction of sp³-hybridized carbons (Fsp3) is 0.333. The van der Waals surface area contributed by atoms with Crippen LogP contribution >= 0.6 is 0 Å². The van der Waals surface area contributed by atoms with Crippen LogP contribution in [0.2, 0.25) is 0 Å². The molecule has 1 aliphatic heterocycles. The smallest absolute Gasteiger partial charge is 0.147 e. The van der Waals surface area contributed by atoms with Gasteiger partial charge in [-0.05, 0) is 57.0 Å². The highest BCUT2D eigenvalue weighted by Crippen LogP contribution is 2.26. The van der Waals surface area contributed by atoms with E-state index < -0.39 is 0 Å². The van der Waals surface area contributed by atoms with Crippen LogP contribution in [0.4, 0.5) is 11.5 Å². The van der Waals surface area contributed by atoms with Crippen molar-refractivity contribution < 1.29 is 0 Å². The molecule has 0 unspecified atom stereocenters. The van der Waals surface area contributed by atoms with Crippen LogP contribution in [0.3, 0.4) is 0 Å². The van der Waals surface area contributed by atoms with Crippen molar-refractivity contribution in [1.29, 1.82) is 0 Å². The lowest BCUT2D eigenvalue weighted by atomic mass is 10.1. The van der Waals surface area contributed by atoms with E-state index in [1.165, 1.54) is 27.9 Å². The highest BCUT2D eigenvalue weighted by molar-refractivity contribution is 5.62. The van der Waals surface area contributed by atoms with Gasteiger partial charge in [0.15, 0.2) is 0 Å². The summed E-state index contributed by atoms with van der Waals surface area (Å²) in [5.74, 6) is 0.970. The van der Waals surface area contributed by atoms with Crippen LogP contribution in [0, 0.1) is 27.7 Å². The maximum Gasteiger partial charge on any atom is 0.147 e. The van der Waals surface area contributed by atoms with E-state index in [-0.39, 0.29) is 0 Å². The molecular weight excluding hydrogens is 344 g/mol.